The van der Waals surface area contributed by atoms with Crippen LogP contribution < -0.4 is 11.1 Å². The number of rotatable bonds is 3. The highest BCUT2D eigenvalue weighted by Crippen LogP contribution is 2.27. The van der Waals surface area contributed by atoms with Gasteiger partial charge in [0.1, 0.15) is 0 Å². The summed E-state index contributed by atoms with van der Waals surface area (Å²) >= 11 is 0. The zero-order valence-corrected chi connectivity index (χ0v) is 9.46. The van der Waals surface area contributed by atoms with Crippen molar-refractivity contribution in [3.05, 3.63) is 36.3 Å². The SMILES string of the molecule is Nc1c(NCc2nn[nH]n2)ccc2ncccc12. The number of fused-ring (bicyclic) bond motifs is 1. The highest BCUT2D eigenvalue weighted by Gasteiger charge is 2.05. The van der Waals surface area contributed by atoms with Crippen molar-refractivity contribution >= 4 is 22.3 Å². The van der Waals surface area contributed by atoms with Crippen molar-refractivity contribution in [1.82, 2.24) is 25.6 Å². The molecule has 1 aromatic carbocycles. The number of nitrogen functional groups attached to an aromatic ring is 1. The van der Waals surface area contributed by atoms with Crippen LogP contribution in [0.2, 0.25) is 0 Å². The molecule has 4 N–H and O–H groups in total. The van der Waals surface area contributed by atoms with Crippen molar-refractivity contribution in [3.8, 4) is 0 Å². The highest BCUT2D eigenvalue weighted by atomic mass is 15.5. The van der Waals surface area contributed by atoms with Crippen LogP contribution in [0.3, 0.4) is 0 Å². The second-order valence-electron chi connectivity index (χ2n) is 3.78. The van der Waals surface area contributed by atoms with Gasteiger partial charge in [0.05, 0.1) is 23.4 Å². The van der Waals surface area contributed by atoms with E-state index < -0.39 is 0 Å². The minimum absolute atomic E-state index is 0.465. The largest absolute Gasteiger partial charge is 0.397 e. The van der Waals surface area contributed by atoms with Gasteiger partial charge in [0, 0.05) is 11.6 Å². The average Bonchev–Trinajstić information content (AvgIpc) is 2.91. The number of nitrogens with two attached hydrogens (primary N) is 1. The third-order valence-corrected chi connectivity index (χ3v) is 2.65. The number of H-pyrrole nitrogens is 1. The van der Waals surface area contributed by atoms with Gasteiger partial charge >= 0.3 is 0 Å². The van der Waals surface area contributed by atoms with E-state index in [0.29, 0.717) is 18.1 Å². The van der Waals surface area contributed by atoms with Gasteiger partial charge in [-0.25, -0.2) is 0 Å². The van der Waals surface area contributed by atoms with E-state index in [1.54, 1.807) is 6.20 Å². The van der Waals surface area contributed by atoms with Crippen molar-refractivity contribution in [1.29, 1.82) is 0 Å². The van der Waals surface area contributed by atoms with Crippen LogP contribution in [0.1, 0.15) is 5.82 Å². The van der Waals surface area contributed by atoms with Gasteiger partial charge in [-0.2, -0.15) is 5.21 Å². The molecule has 0 aliphatic rings. The molecule has 3 rings (SSSR count). The Labute approximate surface area is 102 Å². The first-order chi connectivity index (χ1) is 8.84. The van der Waals surface area contributed by atoms with Gasteiger partial charge < -0.3 is 11.1 Å². The van der Waals surface area contributed by atoms with Crippen LogP contribution in [0.15, 0.2) is 30.5 Å². The Balaban J connectivity index is 1.90. The number of hydrogen-bond acceptors (Lipinski definition) is 6. The third kappa shape index (κ3) is 1.81. The maximum Gasteiger partial charge on any atom is 0.193 e. The lowest BCUT2D eigenvalue weighted by atomic mass is 10.1. The Kier molecular flexibility index (Phi) is 2.49. The topological polar surface area (TPSA) is 105 Å². The number of pyridine rings is 1. The van der Waals surface area contributed by atoms with Gasteiger partial charge in [0.2, 0.25) is 0 Å². The lowest BCUT2D eigenvalue weighted by Gasteiger charge is -2.09. The second-order valence-corrected chi connectivity index (χ2v) is 3.78. The third-order valence-electron chi connectivity index (χ3n) is 2.65. The summed E-state index contributed by atoms with van der Waals surface area (Å²) in [6.07, 6.45) is 1.74. The molecule has 3 aromatic rings. The molecule has 90 valence electrons. The normalized spacial score (nSPS) is 10.7. The van der Waals surface area contributed by atoms with Gasteiger partial charge in [-0.05, 0) is 24.3 Å². The number of benzene rings is 1. The van der Waals surface area contributed by atoms with Gasteiger partial charge in [-0.1, -0.05) is 5.21 Å². The van der Waals surface area contributed by atoms with Crippen LogP contribution in [0.25, 0.3) is 10.9 Å². The fourth-order valence-electron chi connectivity index (χ4n) is 1.76. The van der Waals surface area contributed by atoms with E-state index in [1.165, 1.54) is 0 Å². The molecular formula is C11H11N7. The summed E-state index contributed by atoms with van der Waals surface area (Å²) in [5, 5.41) is 17.7. The number of aromatic amines is 1. The van der Waals surface area contributed by atoms with Crippen LogP contribution >= 0.6 is 0 Å². The standard InChI is InChI=1S/C11H11N7/c12-11-7-2-1-5-13-8(7)3-4-9(11)14-6-10-15-17-18-16-10/h1-5,14H,6,12H2,(H,15,16,17,18). The van der Waals surface area contributed by atoms with Crippen LogP contribution in [0.4, 0.5) is 11.4 Å². The molecular weight excluding hydrogens is 230 g/mol. The fraction of sp³-hybridized carbons (Fsp3) is 0.0909. The number of tetrazole rings is 1. The molecule has 7 nitrogen and oxygen atoms in total. The van der Waals surface area contributed by atoms with Crippen molar-refractivity contribution in [2.45, 2.75) is 6.54 Å². The van der Waals surface area contributed by atoms with E-state index in [-0.39, 0.29) is 0 Å². The van der Waals surface area contributed by atoms with Gasteiger partial charge in [-0.15, -0.1) is 10.2 Å². The summed E-state index contributed by atoms with van der Waals surface area (Å²) in [5.41, 5.74) is 8.47. The number of aromatic nitrogens is 5. The van der Waals surface area contributed by atoms with Gasteiger partial charge in [0.15, 0.2) is 5.82 Å². The fourth-order valence-corrected chi connectivity index (χ4v) is 1.76. The molecule has 0 amide bonds. The predicted molar refractivity (Wildman–Crippen MR) is 67.7 cm³/mol. The van der Waals surface area contributed by atoms with E-state index in [2.05, 4.69) is 30.9 Å². The van der Waals surface area contributed by atoms with E-state index in [1.807, 2.05) is 24.3 Å². The molecule has 0 saturated heterocycles. The zero-order chi connectivity index (χ0) is 12.4. The molecule has 0 atom stereocenters. The predicted octanol–water partition coefficient (Wildman–Crippen LogP) is 0.942. The number of nitrogens with zero attached hydrogens (tertiary/aromatic N) is 4. The lowest BCUT2D eigenvalue weighted by molar-refractivity contribution is 0.881. The molecule has 0 fully saturated rings. The van der Waals surface area contributed by atoms with Crippen molar-refractivity contribution in [2.75, 3.05) is 11.1 Å². The first-order valence-corrected chi connectivity index (χ1v) is 5.44. The summed E-state index contributed by atoms with van der Waals surface area (Å²) in [7, 11) is 0. The van der Waals surface area contributed by atoms with Crippen LogP contribution in [-0.2, 0) is 6.54 Å². The van der Waals surface area contributed by atoms with E-state index in [9.17, 15) is 0 Å². The van der Waals surface area contributed by atoms with Crippen molar-refractivity contribution in [3.63, 3.8) is 0 Å². The molecule has 0 saturated carbocycles. The minimum Gasteiger partial charge on any atom is -0.397 e. The smallest absolute Gasteiger partial charge is 0.193 e. The second kappa shape index (κ2) is 4.28. The van der Waals surface area contributed by atoms with E-state index in [4.69, 9.17) is 5.73 Å². The molecule has 2 aromatic heterocycles. The summed E-state index contributed by atoms with van der Waals surface area (Å²) < 4.78 is 0. The molecule has 0 bridgehead atoms. The van der Waals surface area contributed by atoms with Crippen molar-refractivity contribution in [2.24, 2.45) is 0 Å². The molecule has 0 aliphatic heterocycles. The highest BCUT2D eigenvalue weighted by molar-refractivity contribution is 5.96. The van der Waals surface area contributed by atoms with Crippen LogP contribution in [0, 0.1) is 0 Å². The molecule has 2 heterocycles. The monoisotopic (exact) mass is 241 g/mol. The van der Waals surface area contributed by atoms with Crippen LogP contribution in [-0.4, -0.2) is 25.6 Å². The summed E-state index contributed by atoms with van der Waals surface area (Å²) in [4.78, 5) is 4.25. The molecule has 18 heavy (non-hydrogen) atoms. The Morgan fingerprint density at radius 3 is 3.06 bits per heavy atom. The van der Waals surface area contributed by atoms with Crippen LogP contribution in [0.5, 0.6) is 0 Å². The first kappa shape index (κ1) is 10.5. The quantitative estimate of drug-likeness (QED) is 0.589. The molecule has 0 radical (unpaired) electrons. The maximum absolute atomic E-state index is 6.09. The number of anilines is 2. The Morgan fingerprint density at radius 1 is 1.28 bits per heavy atom. The Bertz CT molecular complexity index is 662. The maximum atomic E-state index is 6.09. The minimum atomic E-state index is 0.465. The zero-order valence-electron chi connectivity index (χ0n) is 9.46. The van der Waals surface area contributed by atoms with Gasteiger partial charge in [-0.3, -0.25) is 4.98 Å². The Hall–Kier alpha value is -2.70. The number of hydrogen-bond donors (Lipinski definition) is 3. The first-order valence-electron chi connectivity index (χ1n) is 5.44. The summed E-state index contributed by atoms with van der Waals surface area (Å²) in [5.74, 6) is 0.584. The lowest BCUT2D eigenvalue weighted by Crippen LogP contribution is -2.04. The molecule has 0 spiro atoms. The summed E-state index contributed by atoms with van der Waals surface area (Å²) in [6, 6.07) is 7.62. The van der Waals surface area contributed by atoms with Crippen molar-refractivity contribution < 1.29 is 0 Å². The number of nitrogens with one attached hydrogen (secondary N) is 2. The van der Waals surface area contributed by atoms with E-state index >= 15 is 0 Å². The molecule has 0 aliphatic carbocycles. The molecule has 7 heteroatoms. The average molecular weight is 241 g/mol. The molecule has 0 unspecified atom stereocenters. The Morgan fingerprint density at radius 2 is 2.22 bits per heavy atom. The van der Waals surface area contributed by atoms with Gasteiger partial charge in [0.25, 0.3) is 0 Å². The summed E-state index contributed by atoms with van der Waals surface area (Å²) in [6.45, 7) is 0.465. The van der Waals surface area contributed by atoms with E-state index in [0.717, 1.165) is 16.6 Å².